The minimum atomic E-state index is -2.38. The van der Waals surface area contributed by atoms with Crippen molar-refractivity contribution >= 4 is 14.5 Å². The molecule has 0 saturated heterocycles. The van der Waals surface area contributed by atoms with Gasteiger partial charge in [0, 0.05) is 39.6 Å². The second kappa shape index (κ2) is 8.87. The lowest BCUT2D eigenvalue weighted by molar-refractivity contribution is 0.123. The molecule has 0 atom stereocenters. The third kappa shape index (κ3) is 5.74. The molecule has 0 unspecified atom stereocenters. The Morgan fingerprint density at radius 2 is 1.69 bits per heavy atom. The maximum absolute atomic E-state index is 5.34. The molecule has 0 aromatic rings. The SMILES string of the molecule is CCC/C(C)=N/CCC[Si](OC)(OC)OC. The average molecular weight is 247 g/mol. The van der Waals surface area contributed by atoms with Gasteiger partial charge in [-0.2, -0.15) is 0 Å². The molecular formula is C11H25NO3Si. The molecule has 0 amide bonds. The molecule has 0 N–H and O–H groups in total. The van der Waals surface area contributed by atoms with Crippen LogP contribution in [0.15, 0.2) is 4.99 Å². The van der Waals surface area contributed by atoms with Gasteiger partial charge in [-0.25, -0.2) is 0 Å². The van der Waals surface area contributed by atoms with Gasteiger partial charge in [-0.3, -0.25) is 4.99 Å². The molecule has 0 aliphatic rings. The van der Waals surface area contributed by atoms with Gasteiger partial charge in [-0.15, -0.1) is 0 Å². The third-order valence-corrected chi connectivity index (χ3v) is 5.40. The van der Waals surface area contributed by atoms with E-state index in [9.17, 15) is 0 Å². The van der Waals surface area contributed by atoms with Gasteiger partial charge in [0.1, 0.15) is 0 Å². The fourth-order valence-corrected chi connectivity index (χ4v) is 3.27. The quantitative estimate of drug-likeness (QED) is 0.357. The molecule has 0 bridgehead atoms. The first-order chi connectivity index (χ1) is 7.64. The largest absolute Gasteiger partial charge is 0.500 e. The molecule has 16 heavy (non-hydrogen) atoms. The van der Waals surface area contributed by atoms with Crippen molar-refractivity contribution in [3.63, 3.8) is 0 Å². The summed E-state index contributed by atoms with van der Waals surface area (Å²) in [7, 11) is 2.55. The molecule has 0 spiro atoms. The zero-order valence-electron chi connectivity index (χ0n) is 11.2. The highest BCUT2D eigenvalue weighted by Gasteiger charge is 2.36. The molecule has 96 valence electrons. The molecule has 0 rings (SSSR count). The molecular weight excluding hydrogens is 222 g/mol. The highest BCUT2D eigenvalue weighted by atomic mass is 28.4. The molecule has 0 heterocycles. The van der Waals surface area contributed by atoms with Crippen LogP contribution in [0.3, 0.4) is 0 Å². The summed E-state index contributed by atoms with van der Waals surface area (Å²) in [5, 5.41) is 0. The van der Waals surface area contributed by atoms with Gasteiger partial charge in [0.15, 0.2) is 0 Å². The zero-order chi connectivity index (χ0) is 12.4. The summed E-state index contributed by atoms with van der Waals surface area (Å²) in [6.45, 7) is 5.07. The van der Waals surface area contributed by atoms with Crippen LogP contribution in [-0.4, -0.2) is 42.4 Å². The number of rotatable bonds is 9. The first-order valence-electron chi connectivity index (χ1n) is 5.79. The Morgan fingerprint density at radius 1 is 1.12 bits per heavy atom. The van der Waals surface area contributed by atoms with Crippen LogP contribution in [0, 0.1) is 0 Å². The molecule has 0 radical (unpaired) electrons. The van der Waals surface area contributed by atoms with Gasteiger partial charge in [0.25, 0.3) is 0 Å². The first-order valence-corrected chi connectivity index (χ1v) is 7.72. The maximum Gasteiger partial charge on any atom is 0.500 e. The predicted molar refractivity (Wildman–Crippen MR) is 69.1 cm³/mol. The molecule has 0 aromatic heterocycles. The average Bonchev–Trinajstić information content (AvgIpc) is 2.31. The lowest BCUT2D eigenvalue weighted by atomic mass is 10.2. The van der Waals surface area contributed by atoms with Crippen LogP contribution in [0.2, 0.25) is 6.04 Å². The smallest absolute Gasteiger partial charge is 0.377 e. The van der Waals surface area contributed by atoms with Crippen LogP contribution < -0.4 is 0 Å². The van der Waals surface area contributed by atoms with Crippen LogP contribution >= 0.6 is 0 Å². The van der Waals surface area contributed by atoms with E-state index in [1.165, 1.54) is 5.71 Å². The fraction of sp³-hybridized carbons (Fsp3) is 0.909. The monoisotopic (exact) mass is 247 g/mol. The topological polar surface area (TPSA) is 40.0 Å². The first kappa shape index (κ1) is 15.8. The minimum Gasteiger partial charge on any atom is -0.377 e. The van der Waals surface area contributed by atoms with Crippen molar-refractivity contribution < 1.29 is 13.3 Å². The summed E-state index contributed by atoms with van der Waals surface area (Å²) in [6.07, 6.45) is 3.19. The van der Waals surface area contributed by atoms with Crippen LogP contribution in [0.1, 0.15) is 33.1 Å². The Kier molecular flexibility index (Phi) is 8.74. The summed E-state index contributed by atoms with van der Waals surface area (Å²) in [5.74, 6) is 0. The summed E-state index contributed by atoms with van der Waals surface area (Å²) in [6, 6.07) is 0.819. The van der Waals surface area contributed by atoms with Gasteiger partial charge in [0.05, 0.1) is 0 Å². The van der Waals surface area contributed by atoms with E-state index in [2.05, 4.69) is 18.8 Å². The van der Waals surface area contributed by atoms with Gasteiger partial charge in [0.2, 0.25) is 0 Å². The Bertz CT molecular complexity index is 197. The Hall–Kier alpha value is -0.233. The highest BCUT2D eigenvalue weighted by Crippen LogP contribution is 2.14. The second-order valence-corrected chi connectivity index (χ2v) is 6.86. The third-order valence-electron chi connectivity index (χ3n) is 2.57. The van der Waals surface area contributed by atoms with E-state index in [0.717, 1.165) is 31.9 Å². The lowest BCUT2D eigenvalue weighted by Crippen LogP contribution is -2.42. The van der Waals surface area contributed by atoms with E-state index >= 15 is 0 Å². The summed E-state index contributed by atoms with van der Waals surface area (Å²) >= 11 is 0. The van der Waals surface area contributed by atoms with Crippen molar-refractivity contribution in [1.82, 2.24) is 0 Å². The van der Waals surface area contributed by atoms with Crippen LogP contribution in [0.25, 0.3) is 0 Å². The normalized spacial score (nSPS) is 13.2. The summed E-state index contributed by atoms with van der Waals surface area (Å²) in [5.41, 5.74) is 1.22. The minimum absolute atomic E-state index is 0.819. The Balaban J connectivity index is 3.91. The van der Waals surface area contributed by atoms with Gasteiger partial charge >= 0.3 is 8.80 Å². The standard InChI is InChI=1S/C11H25NO3Si/c1-6-8-11(2)12-9-7-10-16(13-3,14-4)15-5/h6-10H2,1-5H3/b12-11+. The fourth-order valence-electron chi connectivity index (χ4n) is 1.56. The van der Waals surface area contributed by atoms with Gasteiger partial charge < -0.3 is 13.3 Å². The van der Waals surface area contributed by atoms with E-state index in [0.29, 0.717) is 0 Å². The molecule has 0 aromatic carbocycles. The maximum atomic E-state index is 5.34. The Labute approximate surface area is 100 Å². The summed E-state index contributed by atoms with van der Waals surface area (Å²) in [4.78, 5) is 4.49. The number of hydrogen-bond acceptors (Lipinski definition) is 4. The second-order valence-electron chi connectivity index (χ2n) is 3.77. The molecule has 0 aliphatic heterocycles. The lowest BCUT2D eigenvalue weighted by Gasteiger charge is -2.23. The van der Waals surface area contributed by atoms with Crippen molar-refractivity contribution in [1.29, 1.82) is 0 Å². The molecule has 4 nitrogen and oxygen atoms in total. The van der Waals surface area contributed by atoms with E-state index in [1.54, 1.807) is 21.3 Å². The molecule has 0 fully saturated rings. The summed E-state index contributed by atoms with van der Waals surface area (Å²) < 4.78 is 16.0. The van der Waals surface area contributed by atoms with Crippen LogP contribution in [0.5, 0.6) is 0 Å². The number of hydrogen-bond donors (Lipinski definition) is 0. The van der Waals surface area contributed by atoms with E-state index in [4.69, 9.17) is 13.3 Å². The number of aliphatic imine (C=N–C) groups is 1. The van der Waals surface area contributed by atoms with Crippen molar-refractivity contribution in [3.8, 4) is 0 Å². The van der Waals surface area contributed by atoms with E-state index < -0.39 is 8.80 Å². The van der Waals surface area contributed by atoms with Gasteiger partial charge in [-0.05, 0) is 19.8 Å². The number of nitrogens with zero attached hydrogens (tertiary/aromatic N) is 1. The van der Waals surface area contributed by atoms with Crippen LogP contribution in [0.4, 0.5) is 0 Å². The van der Waals surface area contributed by atoms with E-state index in [1.807, 2.05) is 0 Å². The molecule has 0 aliphatic carbocycles. The Morgan fingerprint density at radius 3 is 2.12 bits per heavy atom. The molecule has 0 saturated carbocycles. The highest BCUT2D eigenvalue weighted by molar-refractivity contribution is 6.60. The van der Waals surface area contributed by atoms with Crippen molar-refractivity contribution in [3.05, 3.63) is 0 Å². The van der Waals surface area contributed by atoms with Gasteiger partial charge in [-0.1, -0.05) is 13.3 Å². The van der Waals surface area contributed by atoms with Crippen LogP contribution in [-0.2, 0) is 13.3 Å². The predicted octanol–water partition coefficient (Wildman–Crippen LogP) is 2.52. The molecule has 5 heteroatoms. The van der Waals surface area contributed by atoms with Crippen molar-refractivity contribution in [2.24, 2.45) is 4.99 Å². The van der Waals surface area contributed by atoms with Crippen molar-refractivity contribution in [2.75, 3.05) is 27.9 Å². The van der Waals surface area contributed by atoms with E-state index in [-0.39, 0.29) is 0 Å². The zero-order valence-corrected chi connectivity index (χ0v) is 12.2. The van der Waals surface area contributed by atoms with Crippen molar-refractivity contribution in [2.45, 2.75) is 39.2 Å².